The Balaban J connectivity index is 0.789. The molecule has 15 nitrogen and oxygen atoms in total. The maximum absolute atomic E-state index is 13.4. The number of nitrogens with zero attached hydrogens (tertiary/aromatic N) is 7. The van der Waals surface area contributed by atoms with E-state index in [2.05, 4.69) is 69.1 Å². The highest BCUT2D eigenvalue weighted by Gasteiger charge is 2.64. The van der Waals surface area contributed by atoms with Crippen LogP contribution in [0.15, 0.2) is 48.8 Å². The standard InChI is InChI=1S/C43H48ClN9O6/c1-42(2)39(43(3,4)40(42)59-29-7-5-26(21-45)32(44)20-29)49-35(55)27-22-46-41(47-23-27)52-17-15-50(16-18-52)24-25-11-13-51(14-12-25)28-6-8-30-31(19-28)38(58)53(37(30)57)33-9-10-34(54)48-36(33)56/h5-8,19-20,22-23,25,33,39-40H,9-18,24H2,1-4H3,(H,49,55)(H,48,54,56). The third-order valence-corrected chi connectivity index (χ3v) is 13.2. The lowest BCUT2D eigenvalue weighted by Crippen LogP contribution is -2.74. The molecule has 1 aliphatic carbocycles. The Bertz CT molecular complexity index is 2230. The molecule has 308 valence electrons. The number of benzene rings is 2. The Kier molecular flexibility index (Phi) is 10.6. The van der Waals surface area contributed by atoms with Crippen LogP contribution in [0.4, 0.5) is 11.6 Å². The summed E-state index contributed by atoms with van der Waals surface area (Å²) in [6, 6.07) is 11.2. The minimum Gasteiger partial charge on any atom is -0.489 e. The predicted octanol–water partition coefficient (Wildman–Crippen LogP) is 4.05. The van der Waals surface area contributed by atoms with Crippen molar-refractivity contribution in [3.05, 3.63) is 76.1 Å². The summed E-state index contributed by atoms with van der Waals surface area (Å²) >= 11 is 6.24. The van der Waals surface area contributed by atoms with Crippen LogP contribution in [-0.4, -0.2) is 113 Å². The highest BCUT2D eigenvalue weighted by Crippen LogP contribution is 2.55. The summed E-state index contributed by atoms with van der Waals surface area (Å²) in [5.74, 6) is -0.540. The first-order valence-electron chi connectivity index (χ1n) is 20.2. The number of piperidine rings is 2. The van der Waals surface area contributed by atoms with E-state index in [4.69, 9.17) is 16.3 Å². The highest BCUT2D eigenvalue weighted by molar-refractivity contribution is 6.31. The molecule has 0 radical (unpaired) electrons. The zero-order valence-electron chi connectivity index (χ0n) is 33.7. The van der Waals surface area contributed by atoms with E-state index in [9.17, 15) is 29.2 Å². The molecule has 0 bridgehead atoms. The summed E-state index contributed by atoms with van der Waals surface area (Å²) < 4.78 is 6.36. The van der Waals surface area contributed by atoms with Crippen LogP contribution < -0.4 is 25.2 Å². The molecule has 1 saturated carbocycles. The molecule has 2 aromatic carbocycles. The maximum atomic E-state index is 13.4. The number of aromatic nitrogens is 2. The van der Waals surface area contributed by atoms with E-state index in [0.29, 0.717) is 39.3 Å². The highest BCUT2D eigenvalue weighted by atomic mass is 35.5. The molecule has 1 atom stereocenters. The van der Waals surface area contributed by atoms with Gasteiger partial charge in [0.1, 0.15) is 24.0 Å². The van der Waals surface area contributed by atoms with Gasteiger partial charge >= 0.3 is 0 Å². The van der Waals surface area contributed by atoms with Gasteiger partial charge in [-0.15, -0.1) is 0 Å². The van der Waals surface area contributed by atoms with Crippen molar-refractivity contribution in [3.8, 4) is 11.8 Å². The van der Waals surface area contributed by atoms with Crippen molar-refractivity contribution in [1.82, 2.24) is 30.4 Å². The molecule has 0 spiro atoms. The Hall–Kier alpha value is -5.59. The molecule has 4 fully saturated rings. The minimum absolute atomic E-state index is 0.0859. The van der Waals surface area contributed by atoms with Gasteiger partial charge in [-0.2, -0.15) is 5.26 Å². The van der Waals surface area contributed by atoms with Gasteiger partial charge in [-0.1, -0.05) is 39.3 Å². The third-order valence-electron chi connectivity index (χ3n) is 12.9. The molecule has 5 heterocycles. The fourth-order valence-corrected chi connectivity index (χ4v) is 10.1. The average molecular weight is 822 g/mol. The van der Waals surface area contributed by atoms with Crippen molar-refractivity contribution in [2.75, 3.05) is 55.6 Å². The number of amides is 5. The first-order valence-corrected chi connectivity index (χ1v) is 20.6. The van der Waals surface area contributed by atoms with Gasteiger partial charge in [0.2, 0.25) is 17.8 Å². The van der Waals surface area contributed by atoms with Crippen LogP contribution in [0, 0.1) is 28.1 Å². The second-order valence-electron chi connectivity index (χ2n) is 17.5. The van der Waals surface area contributed by atoms with Crippen molar-refractivity contribution in [2.24, 2.45) is 16.7 Å². The number of nitriles is 1. The smallest absolute Gasteiger partial charge is 0.262 e. The quantitative estimate of drug-likeness (QED) is 0.296. The van der Waals surface area contributed by atoms with Crippen molar-refractivity contribution in [1.29, 1.82) is 5.26 Å². The van der Waals surface area contributed by atoms with Crippen LogP contribution in [0.5, 0.6) is 5.75 Å². The van der Waals surface area contributed by atoms with Crippen LogP contribution in [0.1, 0.15) is 90.0 Å². The fraction of sp³-hybridized carbons (Fsp3) is 0.488. The van der Waals surface area contributed by atoms with Gasteiger partial charge in [-0.05, 0) is 55.5 Å². The predicted molar refractivity (Wildman–Crippen MR) is 218 cm³/mol. The van der Waals surface area contributed by atoms with Gasteiger partial charge in [0.25, 0.3) is 17.7 Å². The number of fused-ring (bicyclic) bond motifs is 1. The number of anilines is 2. The monoisotopic (exact) mass is 821 g/mol. The number of hydrogen-bond donors (Lipinski definition) is 2. The Morgan fingerprint density at radius 1 is 0.898 bits per heavy atom. The average Bonchev–Trinajstić information content (AvgIpc) is 3.47. The number of piperazine rings is 1. The van der Waals surface area contributed by atoms with E-state index in [1.807, 2.05) is 6.07 Å². The topological polar surface area (TPSA) is 181 Å². The zero-order valence-corrected chi connectivity index (χ0v) is 34.4. The molecular formula is C43H48ClN9O6. The van der Waals surface area contributed by atoms with E-state index >= 15 is 0 Å². The van der Waals surface area contributed by atoms with Gasteiger partial charge in [0, 0.05) is 93.3 Å². The van der Waals surface area contributed by atoms with Crippen molar-refractivity contribution < 1.29 is 28.7 Å². The van der Waals surface area contributed by atoms with E-state index < -0.39 is 40.5 Å². The van der Waals surface area contributed by atoms with Crippen LogP contribution in [0.2, 0.25) is 5.02 Å². The minimum atomic E-state index is -0.980. The van der Waals surface area contributed by atoms with Gasteiger partial charge in [-0.3, -0.25) is 39.1 Å². The summed E-state index contributed by atoms with van der Waals surface area (Å²) in [4.78, 5) is 81.0. The summed E-state index contributed by atoms with van der Waals surface area (Å²) in [6.45, 7) is 14.2. The molecule has 2 N–H and O–H groups in total. The van der Waals surface area contributed by atoms with Crippen LogP contribution >= 0.6 is 11.6 Å². The summed E-state index contributed by atoms with van der Waals surface area (Å²) in [5, 5.41) is 15.0. The van der Waals surface area contributed by atoms with Gasteiger partial charge in [0.05, 0.1) is 27.3 Å². The molecule has 3 aromatic rings. The molecule has 8 rings (SSSR count). The Morgan fingerprint density at radius 2 is 1.58 bits per heavy atom. The number of carbonyl (C=O) groups excluding carboxylic acids is 5. The van der Waals surface area contributed by atoms with E-state index in [1.54, 1.807) is 42.7 Å². The number of imide groups is 2. The lowest BCUT2D eigenvalue weighted by atomic mass is 9.49. The van der Waals surface area contributed by atoms with Crippen molar-refractivity contribution in [3.63, 3.8) is 0 Å². The first kappa shape index (κ1) is 40.2. The molecule has 16 heteroatoms. The number of nitrogens with one attached hydrogen (secondary N) is 2. The number of halogens is 1. The Labute approximate surface area is 348 Å². The first-order chi connectivity index (χ1) is 28.1. The number of hydrogen-bond acceptors (Lipinski definition) is 12. The van der Waals surface area contributed by atoms with Crippen molar-refractivity contribution in [2.45, 2.75) is 71.6 Å². The molecule has 4 aliphatic heterocycles. The largest absolute Gasteiger partial charge is 0.489 e. The second kappa shape index (κ2) is 15.5. The second-order valence-corrected chi connectivity index (χ2v) is 17.9. The molecule has 59 heavy (non-hydrogen) atoms. The van der Waals surface area contributed by atoms with E-state index in [1.165, 1.54) is 0 Å². The molecule has 5 amide bonds. The molecule has 1 unspecified atom stereocenters. The molecular weight excluding hydrogens is 774 g/mol. The maximum Gasteiger partial charge on any atom is 0.262 e. The summed E-state index contributed by atoms with van der Waals surface area (Å²) in [5.41, 5.74) is 1.46. The molecule has 5 aliphatic rings. The van der Waals surface area contributed by atoms with Gasteiger partial charge in [-0.25, -0.2) is 9.97 Å². The normalized spacial score (nSPS) is 24.3. The van der Waals surface area contributed by atoms with Gasteiger partial charge in [0.15, 0.2) is 0 Å². The fourth-order valence-electron chi connectivity index (χ4n) is 9.94. The SMILES string of the molecule is CC1(C)C(NC(=O)c2cnc(N3CCN(CC4CCN(c5ccc6c(c5)C(=O)N(C5CCC(=O)NC5=O)C6=O)CC4)CC3)nc2)C(C)(C)C1Oc1ccc(C#N)c(Cl)c1. The summed E-state index contributed by atoms with van der Waals surface area (Å²) in [6.07, 6.45) is 5.17. The van der Waals surface area contributed by atoms with E-state index in [-0.39, 0.29) is 36.5 Å². The van der Waals surface area contributed by atoms with Crippen molar-refractivity contribution >= 4 is 52.8 Å². The van der Waals surface area contributed by atoms with Crippen LogP contribution in [0.25, 0.3) is 0 Å². The number of rotatable bonds is 9. The molecule has 3 saturated heterocycles. The van der Waals surface area contributed by atoms with Gasteiger partial charge < -0.3 is 19.9 Å². The molecule has 1 aromatic heterocycles. The van der Waals surface area contributed by atoms with Crippen LogP contribution in [0.3, 0.4) is 0 Å². The lowest BCUT2D eigenvalue weighted by molar-refractivity contribution is -0.164. The Morgan fingerprint density at radius 3 is 2.22 bits per heavy atom. The third kappa shape index (κ3) is 7.48. The zero-order chi connectivity index (χ0) is 41.8. The van der Waals surface area contributed by atoms with E-state index in [0.717, 1.165) is 69.2 Å². The lowest BCUT2D eigenvalue weighted by Gasteiger charge is -2.63. The number of ether oxygens (including phenoxy) is 1. The number of carbonyl (C=O) groups is 5. The van der Waals surface area contributed by atoms with Crippen LogP contribution in [-0.2, 0) is 9.59 Å². The summed E-state index contributed by atoms with van der Waals surface area (Å²) in [7, 11) is 0.